The highest BCUT2D eigenvalue weighted by atomic mass is 32.2. The Bertz CT molecular complexity index is 403. The number of hydrogen-bond donors (Lipinski definition) is 3. The van der Waals surface area contributed by atoms with Gasteiger partial charge in [0.05, 0.1) is 23.0 Å². The average Bonchev–Trinajstić information content (AvgIpc) is 2.49. The summed E-state index contributed by atoms with van der Waals surface area (Å²) >= 11 is 0. The Morgan fingerprint density at radius 3 is 2.59 bits per heavy atom. The summed E-state index contributed by atoms with van der Waals surface area (Å²) in [7, 11) is -2.95. The van der Waals surface area contributed by atoms with Gasteiger partial charge >= 0.3 is 5.97 Å². The van der Waals surface area contributed by atoms with Crippen LogP contribution in [0.2, 0.25) is 0 Å². The van der Waals surface area contributed by atoms with Crippen LogP contribution in [0.15, 0.2) is 0 Å². The average molecular weight is 262 g/mol. The van der Waals surface area contributed by atoms with Gasteiger partial charge < -0.3 is 15.7 Å². The van der Waals surface area contributed by atoms with Crippen molar-refractivity contribution < 1.29 is 18.3 Å². The van der Waals surface area contributed by atoms with Gasteiger partial charge in [0.1, 0.15) is 0 Å². The zero-order valence-electron chi connectivity index (χ0n) is 9.61. The molecule has 2 fully saturated rings. The molecule has 1 atom stereocenters. The monoisotopic (exact) mass is 262 g/mol. The highest BCUT2D eigenvalue weighted by Crippen LogP contribution is 2.22. The van der Waals surface area contributed by atoms with Crippen LogP contribution in [0.3, 0.4) is 0 Å². The van der Waals surface area contributed by atoms with Crippen molar-refractivity contribution in [3.05, 3.63) is 0 Å². The van der Waals surface area contributed by atoms with E-state index in [4.69, 9.17) is 5.11 Å². The molecule has 2 rings (SSSR count). The molecular weight excluding hydrogens is 244 g/mol. The Hall–Kier alpha value is -0.660. The first-order valence-electron chi connectivity index (χ1n) is 5.83. The molecule has 2 saturated heterocycles. The minimum Gasteiger partial charge on any atom is -0.481 e. The highest BCUT2D eigenvalue weighted by Gasteiger charge is 2.40. The molecular formula is C10H18N2O4S. The van der Waals surface area contributed by atoms with Crippen molar-refractivity contribution in [2.75, 3.05) is 25.4 Å². The Morgan fingerprint density at radius 1 is 1.47 bits per heavy atom. The summed E-state index contributed by atoms with van der Waals surface area (Å²) in [6, 6.07) is 0. The van der Waals surface area contributed by atoms with Gasteiger partial charge in [0.2, 0.25) is 0 Å². The van der Waals surface area contributed by atoms with Gasteiger partial charge in [-0.05, 0) is 12.8 Å². The van der Waals surface area contributed by atoms with Gasteiger partial charge in [0.15, 0.2) is 9.84 Å². The maximum atomic E-state index is 11.6. The van der Waals surface area contributed by atoms with E-state index >= 15 is 0 Å². The number of carboxylic acid groups (broad SMARTS) is 1. The van der Waals surface area contributed by atoms with Crippen molar-refractivity contribution in [1.29, 1.82) is 0 Å². The molecule has 2 heterocycles. The summed E-state index contributed by atoms with van der Waals surface area (Å²) in [6.45, 7) is 1.55. The molecule has 0 aromatic carbocycles. The molecule has 7 heteroatoms. The molecule has 0 amide bonds. The zero-order chi connectivity index (χ0) is 12.5. The van der Waals surface area contributed by atoms with E-state index in [1.165, 1.54) is 0 Å². The fraction of sp³-hybridized carbons (Fsp3) is 0.900. The van der Waals surface area contributed by atoms with Gasteiger partial charge in [-0.2, -0.15) is 0 Å². The van der Waals surface area contributed by atoms with Crippen LogP contribution < -0.4 is 10.6 Å². The number of sulfone groups is 1. The summed E-state index contributed by atoms with van der Waals surface area (Å²) in [5.41, 5.74) is -0.454. The van der Waals surface area contributed by atoms with Gasteiger partial charge in [-0.3, -0.25) is 4.79 Å². The van der Waals surface area contributed by atoms with Gasteiger partial charge in [-0.15, -0.1) is 0 Å². The van der Waals surface area contributed by atoms with Gasteiger partial charge in [0, 0.05) is 19.6 Å². The molecule has 2 aliphatic heterocycles. The minimum absolute atomic E-state index is 0.0345. The second-order valence-corrected chi connectivity index (χ2v) is 7.37. The molecule has 0 bridgehead atoms. The molecule has 2 aliphatic rings. The van der Waals surface area contributed by atoms with Crippen molar-refractivity contribution in [2.24, 2.45) is 0 Å². The first-order valence-corrected chi connectivity index (χ1v) is 7.54. The number of rotatable bonds is 5. The minimum atomic E-state index is -2.95. The lowest BCUT2D eigenvalue weighted by Crippen LogP contribution is -2.69. The summed E-state index contributed by atoms with van der Waals surface area (Å²) in [4.78, 5) is 10.7. The zero-order valence-corrected chi connectivity index (χ0v) is 10.4. The fourth-order valence-electron chi connectivity index (χ4n) is 2.45. The van der Waals surface area contributed by atoms with Crippen LogP contribution in [0, 0.1) is 0 Å². The van der Waals surface area contributed by atoms with Gasteiger partial charge in [-0.1, -0.05) is 0 Å². The number of nitrogens with one attached hydrogen (secondary N) is 2. The summed E-state index contributed by atoms with van der Waals surface area (Å²) in [6.07, 6.45) is 1.44. The first kappa shape index (κ1) is 12.8. The fourth-order valence-corrected chi connectivity index (χ4v) is 4.21. The largest absolute Gasteiger partial charge is 0.481 e. The van der Waals surface area contributed by atoms with Crippen LogP contribution in [0.5, 0.6) is 0 Å². The van der Waals surface area contributed by atoms with Crippen molar-refractivity contribution in [1.82, 2.24) is 10.6 Å². The molecule has 0 saturated carbocycles. The Kier molecular flexibility index (Phi) is 3.42. The van der Waals surface area contributed by atoms with Crippen LogP contribution in [0.4, 0.5) is 0 Å². The van der Waals surface area contributed by atoms with Crippen molar-refractivity contribution in [3.8, 4) is 0 Å². The number of carboxylic acids is 1. The second kappa shape index (κ2) is 4.55. The molecule has 0 radical (unpaired) electrons. The third kappa shape index (κ3) is 2.78. The maximum absolute atomic E-state index is 11.6. The molecule has 0 spiro atoms. The lowest BCUT2D eigenvalue weighted by Gasteiger charge is -2.43. The topological polar surface area (TPSA) is 95.5 Å². The van der Waals surface area contributed by atoms with E-state index in [0.29, 0.717) is 26.1 Å². The van der Waals surface area contributed by atoms with E-state index in [9.17, 15) is 13.2 Å². The molecule has 1 unspecified atom stereocenters. The highest BCUT2D eigenvalue weighted by molar-refractivity contribution is 7.92. The van der Waals surface area contributed by atoms with E-state index in [-0.39, 0.29) is 17.4 Å². The summed E-state index contributed by atoms with van der Waals surface area (Å²) < 4.78 is 23.3. The van der Waals surface area contributed by atoms with Crippen molar-refractivity contribution in [3.63, 3.8) is 0 Å². The van der Waals surface area contributed by atoms with Crippen LogP contribution in [0.1, 0.15) is 19.3 Å². The molecule has 98 valence electrons. The molecule has 0 aromatic rings. The lowest BCUT2D eigenvalue weighted by atomic mass is 9.88. The van der Waals surface area contributed by atoms with Crippen molar-refractivity contribution in [2.45, 2.75) is 30.1 Å². The van der Waals surface area contributed by atoms with Crippen LogP contribution in [0.25, 0.3) is 0 Å². The van der Waals surface area contributed by atoms with E-state index in [2.05, 4.69) is 10.6 Å². The van der Waals surface area contributed by atoms with E-state index in [1.807, 2.05) is 0 Å². The predicted molar refractivity (Wildman–Crippen MR) is 62.7 cm³/mol. The molecule has 17 heavy (non-hydrogen) atoms. The predicted octanol–water partition coefficient (Wildman–Crippen LogP) is -1.03. The standard InChI is InChI=1S/C10H18N2O4S/c13-9(14)4-10(6-11-7-10)12-5-8-2-1-3-17(8,15)16/h8,11-12H,1-7H2,(H,13,14). The van der Waals surface area contributed by atoms with E-state index in [1.54, 1.807) is 0 Å². The second-order valence-electron chi connectivity index (χ2n) is 4.97. The van der Waals surface area contributed by atoms with E-state index in [0.717, 1.165) is 6.42 Å². The third-order valence-corrected chi connectivity index (χ3v) is 5.86. The van der Waals surface area contributed by atoms with Crippen molar-refractivity contribution >= 4 is 15.8 Å². The van der Waals surface area contributed by atoms with Crippen LogP contribution in [-0.2, 0) is 14.6 Å². The molecule has 3 N–H and O–H groups in total. The number of aliphatic carboxylic acids is 1. The normalized spacial score (nSPS) is 29.8. The van der Waals surface area contributed by atoms with Gasteiger partial charge in [-0.25, -0.2) is 8.42 Å². The van der Waals surface area contributed by atoms with Crippen LogP contribution in [-0.4, -0.2) is 55.7 Å². The third-order valence-electron chi connectivity index (χ3n) is 3.58. The SMILES string of the molecule is O=C(O)CC1(NCC2CCCS2(=O)=O)CNC1. The quantitative estimate of drug-likeness (QED) is 0.586. The van der Waals surface area contributed by atoms with E-state index < -0.39 is 21.3 Å². The molecule has 0 aliphatic carbocycles. The van der Waals surface area contributed by atoms with Gasteiger partial charge in [0.25, 0.3) is 0 Å². The van der Waals surface area contributed by atoms with Crippen LogP contribution >= 0.6 is 0 Å². The first-order chi connectivity index (χ1) is 7.94. The molecule has 0 aromatic heterocycles. The Balaban J connectivity index is 1.90. The number of carbonyl (C=O) groups is 1. The summed E-state index contributed by atoms with van der Waals surface area (Å²) in [5, 5.41) is 14.7. The lowest BCUT2D eigenvalue weighted by molar-refractivity contribution is -0.139. The Morgan fingerprint density at radius 2 is 2.18 bits per heavy atom. The number of hydrogen-bond acceptors (Lipinski definition) is 5. The summed E-state index contributed by atoms with van der Waals surface area (Å²) in [5.74, 6) is -0.586. The molecule has 6 nitrogen and oxygen atoms in total. The Labute approximate surface area is 101 Å². The smallest absolute Gasteiger partial charge is 0.305 e. The maximum Gasteiger partial charge on any atom is 0.305 e.